The predicted molar refractivity (Wildman–Crippen MR) is 108 cm³/mol. The molecule has 0 aliphatic carbocycles. The molecule has 6 nitrogen and oxygen atoms in total. The van der Waals surface area contributed by atoms with Crippen molar-refractivity contribution in [2.75, 3.05) is 12.4 Å². The van der Waals surface area contributed by atoms with Crippen molar-refractivity contribution in [1.29, 1.82) is 0 Å². The Morgan fingerprint density at radius 2 is 1.86 bits per heavy atom. The molecule has 0 spiro atoms. The lowest BCUT2D eigenvalue weighted by Gasteiger charge is -2.04. The van der Waals surface area contributed by atoms with Crippen molar-refractivity contribution in [2.45, 2.75) is 0 Å². The zero-order valence-corrected chi connectivity index (χ0v) is 15.0. The van der Waals surface area contributed by atoms with Crippen LogP contribution < -0.4 is 10.1 Å². The van der Waals surface area contributed by atoms with Gasteiger partial charge < -0.3 is 14.5 Å². The Balaban J connectivity index is 1.48. The SMILES string of the molecule is COc1ccc2nc3oc(C(=O)Nc4cnc5ccccc5c4)cc3cc2c1. The second-order valence-electron chi connectivity index (χ2n) is 6.42. The average molecular weight is 369 g/mol. The van der Waals surface area contributed by atoms with Gasteiger partial charge in [0, 0.05) is 16.2 Å². The number of pyridine rings is 2. The molecule has 0 atom stereocenters. The summed E-state index contributed by atoms with van der Waals surface area (Å²) >= 11 is 0. The molecule has 0 saturated carbocycles. The first-order valence-corrected chi connectivity index (χ1v) is 8.74. The maximum Gasteiger partial charge on any atom is 0.291 e. The van der Waals surface area contributed by atoms with Crippen molar-refractivity contribution >= 4 is 44.5 Å². The minimum atomic E-state index is -0.350. The number of hydrogen-bond donors (Lipinski definition) is 1. The van der Waals surface area contributed by atoms with E-state index in [-0.39, 0.29) is 11.7 Å². The summed E-state index contributed by atoms with van der Waals surface area (Å²) in [6, 6.07) is 18.8. The Kier molecular flexibility index (Phi) is 3.69. The maximum atomic E-state index is 12.6. The highest BCUT2D eigenvalue weighted by molar-refractivity contribution is 6.05. The molecule has 5 rings (SSSR count). The molecule has 0 bridgehead atoms. The highest BCUT2D eigenvalue weighted by Gasteiger charge is 2.15. The van der Waals surface area contributed by atoms with Crippen LogP contribution >= 0.6 is 0 Å². The molecule has 6 heteroatoms. The Labute approximate surface area is 159 Å². The summed E-state index contributed by atoms with van der Waals surface area (Å²) in [6.07, 6.45) is 1.63. The third-order valence-electron chi connectivity index (χ3n) is 4.58. The molecule has 2 aromatic carbocycles. The highest BCUT2D eigenvalue weighted by atomic mass is 16.5. The first-order chi connectivity index (χ1) is 13.7. The van der Waals surface area contributed by atoms with E-state index < -0.39 is 0 Å². The zero-order valence-electron chi connectivity index (χ0n) is 15.0. The van der Waals surface area contributed by atoms with Gasteiger partial charge in [0.25, 0.3) is 5.91 Å². The number of amides is 1. The highest BCUT2D eigenvalue weighted by Crippen LogP contribution is 2.26. The van der Waals surface area contributed by atoms with Gasteiger partial charge in [-0.1, -0.05) is 18.2 Å². The fraction of sp³-hybridized carbons (Fsp3) is 0.0455. The number of nitrogens with one attached hydrogen (secondary N) is 1. The van der Waals surface area contributed by atoms with E-state index in [1.54, 1.807) is 19.4 Å². The van der Waals surface area contributed by atoms with Crippen molar-refractivity contribution in [3.05, 3.63) is 72.6 Å². The summed E-state index contributed by atoms with van der Waals surface area (Å²) in [5.41, 5.74) is 2.66. The van der Waals surface area contributed by atoms with Gasteiger partial charge >= 0.3 is 0 Å². The molecule has 5 aromatic rings. The Hall–Kier alpha value is -3.93. The molecule has 1 N–H and O–H groups in total. The normalized spacial score (nSPS) is 11.2. The Bertz CT molecular complexity index is 1360. The van der Waals surface area contributed by atoms with Crippen molar-refractivity contribution in [1.82, 2.24) is 9.97 Å². The quantitative estimate of drug-likeness (QED) is 0.495. The summed E-state index contributed by atoms with van der Waals surface area (Å²) in [7, 11) is 1.62. The summed E-state index contributed by atoms with van der Waals surface area (Å²) in [5.74, 6) is 0.591. The van der Waals surface area contributed by atoms with Crippen LogP contribution in [0.5, 0.6) is 5.75 Å². The Morgan fingerprint density at radius 1 is 0.964 bits per heavy atom. The molecule has 1 amide bonds. The van der Waals surface area contributed by atoms with E-state index >= 15 is 0 Å². The van der Waals surface area contributed by atoms with Gasteiger partial charge in [-0.2, -0.15) is 0 Å². The largest absolute Gasteiger partial charge is 0.497 e. The summed E-state index contributed by atoms with van der Waals surface area (Å²) < 4.78 is 10.9. The molecular formula is C22H15N3O3. The number of methoxy groups -OCH3 is 1. The summed E-state index contributed by atoms with van der Waals surface area (Å²) in [6.45, 7) is 0. The molecule has 0 radical (unpaired) electrons. The van der Waals surface area contributed by atoms with Crippen LogP contribution in [0.25, 0.3) is 32.9 Å². The van der Waals surface area contributed by atoms with Crippen LogP contribution in [0.1, 0.15) is 10.6 Å². The molecular weight excluding hydrogens is 354 g/mol. The van der Waals surface area contributed by atoms with Crippen molar-refractivity contribution in [3.63, 3.8) is 0 Å². The number of furan rings is 1. The van der Waals surface area contributed by atoms with Gasteiger partial charge in [-0.3, -0.25) is 9.78 Å². The number of nitrogens with zero attached hydrogens (tertiary/aromatic N) is 2. The zero-order chi connectivity index (χ0) is 19.1. The van der Waals surface area contributed by atoms with Gasteiger partial charge in [0.2, 0.25) is 5.71 Å². The first kappa shape index (κ1) is 16.3. The van der Waals surface area contributed by atoms with Gasteiger partial charge in [-0.25, -0.2) is 4.98 Å². The number of anilines is 1. The number of rotatable bonds is 3. The van der Waals surface area contributed by atoms with E-state index in [0.29, 0.717) is 11.4 Å². The minimum Gasteiger partial charge on any atom is -0.497 e. The number of carbonyl (C=O) groups excluding carboxylic acids is 1. The van der Waals surface area contributed by atoms with E-state index in [2.05, 4.69) is 15.3 Å². The number of fused-ring (bicyclic) bond motifs is 3. The number of para-hydroxylation sites is 1. The predicted octanol–water partition coefficient (Wildman–Crippen LogP) is 4.79. The topological polar surface area (TPSA) is 77.2 Å². The van der Waals surface area contributed by atoms with E-state index in [4.69, 9.17) is 9.15 Å². The van der Waals surface area contributed by atoms with Crippen LogP contribution in [0.15, 0.2) is 71.3 Å². The lowest BCUT2D eigenvalue weighted by atomic mass is 10.2. The molecule has 0 aliphatic heterocycles. The number of benzene rings is 2. The molecule has 28 heavy (non-hydrogen) atoms. The van der Waals surface area contributed by atoms with Crippen LogP contribution in [0, 0.1) is 0 Å². The molecule has 0 unspecified atom stereocenters. The smallest absolute Gasteiger partial charge is 0.291 e. The third-order valence-corrected chi connectivity index (χ3v) is 4.58. The molecule has 3 heterocycles. The van der Waals surface area contributed by atoms with Crippen LogP contribution in [-0.4, -0.2) is 23.0 Å². The second kappa shape index (κ2) is 6.35. The van der Waals surface area contributed by atoms with Gasteiger partial charge in [0.1, 0.15) is 5.75 Å². The van der Waals surface area contributed by atoms with Gasteiger partial charge in [0.05, 0.1) is 30.0 Å². The van der Waals surface area contributed by atoms with Gasteiger partial charge in [-0.15, -0.1) is 0 Å². The fourth-order valence-electron chi connectivity index (χ4n) is 3.18. The van der Waals surface area contributed by atoms with Crippen molar-refractivity contribution in [3.8, 4) is 5.75 Å². The lowest BCUT2D eigenvalue weighted by molar-refractivity contribution is 0.0998. The third kappa shape index (κ3) is 2.81. The molecule has 0 aliphatic rings. The standard InChI is InChI=1S/C22H15N3O3/c1-27-17-6-7-19-14(10-17)8-15-11-20(28-22(15)25-19)21(26)24-16-9-13-4-2-3-5-18(13)23-12-16/h2-12H,1H3,(H,24,26). The second-order valence-corrected chi connectivity index (χ2v) is 6.42. The van der Waals surface area contributed by atoms with Crippen LogP contribution in [-0.2, 0) is 0 Å². The monoisotopic (exact) mass is 369 g/mol. The van der Waals surface area contributed by atoms with Crippen LogP contribution in [0.3, 0.4) is 0 Å². The van der Waals surface area contributed by atoms with E-state index in [9.17, 15) is 4.79 Å². The van der Waals surface area contributed by atoms with Crippen molar-refractivity contribution in [2.24, 2.45) is 0 Å². The fourth-order valence-corrected chi connectivity index (χ4v) is 3.18. The first-order valence-electron chi connectivity index (χ1n) is 8.74. The summed E-state index contributed by atoms with van der Waals surface area (Å²) in [5, 5.41) is 5.45. The maximum absolute atomic E-state index is 12.6. The van der Waals surface area contributed by atoms with E-state index in [0.717, 1.165) is 32.9 Å². The number of hydrogen-bond acceptors (Lipinski definition) is 5. The number of carbonyl (C=O) groups is 1. The van der Waals surface area contributed by atoms with Gasteiger partial charge in [0.15, 0.2) is 5.76 Å². The molecule has 136 valence electrons. The number of ether oxygens (including phenoxy) is 1. The molecule has 3 aromatic heterocycles. The molecule has 0 saturated heterocycles. The summed E-state index contributed by atoms with van der Waals surface area (Å²) in [4.78, 5) is 21.5. The minimum absolute atomic E-state index is 0.193. The van der Waals surface area contributed by atoms with Crippen molar-refractivity contribution < 1.29 is 13.9 Å². The van der Waals surface area contributed by atoms with E-state index in [1.165, 1.54) is 0 Å². The Morgan fingerprint density at radius 3 is 2.75 bits per heavy atom. The average Bonchev–Trinajstić information content (AvgIpc) is 3.14. The van der Waals surface area contributed by atoms with Crippen LogP contribution in [0.2, 0.25) is 0 Å². The van der Waals surface area contributed by atoms with Crippen LogP contribution in [0.4, 0.5) is 5.69 Å². The number of aromatic nitrogens is 2. The van der Waals surface area contributed by atoms with Gasteiger partial charge in [-0.05, 0) is 42.5 Å². The van der Waals surface area contributed by atoms with E-state index in [1.807, 2.05) is 54.6 Å². The molecule has 0 fully saturated rings. The lowest BCUT2D eigenvalue weighted by Crippen LogP contribution is -2.10.